The van der Waals surface area contributed by atoms with Gasteiger partial charge >= 0.3 is 0 Å². The zero-order valence-electron chi connectivity index (χ0n) is 14.9. The molecule has 6 nitrogen and oxygen atoms in total. The summed E-state index contributed by atoms with van der Waals surface area (Å²) in [5, 5.41) is 8.80. The van der Waals surface area contributed by atoms with Crippen LogP contribution >= 0.6 is 0 Å². The quantitative estimate of drug-likeness (QED) is 0.766. The van der Waals surface area contributed by atoms with Crippen LogP contribution in [0.3, 0.4) is 0 Å². The molecular weight excluding hydrogens is 330 g/mol. The lowest BCUT2D eigenvalue weighted by Gasteiger charge is -2.26. The predicted molar refractivity (Wildman–Crippen MR) is 100 cm³/mol. The van der Waals surface area contributed by atoms with Crippen LogP contribution in [0.5, 0.6) is 5.75 Å². The summed E-state index contributed by atoms with van der Waals surface area (Å²) in [6, 6.07) is 14.1. The minimum atomic E-state index is -0.636. The van der Waals surface area contributed by atoms with Crippen molar-refractivity contribution in [2.45, 2.75) is 32.0 Å². The van der Waals surface area contributed by atoms with Gasteiger partial charge in [-0.15, -0.1) is 0 Å². The minimum Gasteiger partial charge on any atom is -0.497 e. The maximum absolute atomic E-state index is 12.5. The highest BCUT2D eigenvalue weighted by Gasteiger charge is 2.26. The van der Waals surface area contributed by atoms with E-state index in [-0.39, 0.29) is 17.9 Å². The highest BCUT2D eigenvalue weighted by molar-refractivity contribution is 5.97. The van der Waals surface area contributed by atoms with Crippen molar-refractivity contribution in [3.05, 3.63) is 59.7 Å². The molecule has 1 heterocycles. The van der Waals surface area contributed by atoms with Crippen molar-refractivity contribution in [2.24, 2.45) is 0 Å². The number of hydrogen-bond acceptors (Lipinski definition) is 4. The molecule has 0 saturated heterocycles. The third kappa shape index (κ3) is 4.21. The van der Waals surface area contributed by atoms with E-state index in [4.69, 9.17) is 4.74 Å². The monoisotopic (exact) mass is 353 g/mol. The molecule has 2 aromatic carbocycles. The lowest BCUT2D eigenvalue weighted by atomic mass is 9.95. The van der Waals surface area contributed by atoms with Crippen LogP contribution in [0.15, 0.2) is 48.5 Å². The average Bonchev–Trinajstić information content (AvgIpc) is 2.68. The number of anilines is 1. The van der Waals surface area contributed by atoms with Gasteiger partial charge in [-0.05, 0) is 48.7 Å². The molecule has 1 aliphatic rings. The van der Waals surface area contributed by atoms with Gasteiger partial charge < -0.3 is 20.7 Å². The number of rotatable bonds is 5. The predicted octanol–water partition coefficient (Wildman–Crippen LogP) is 1.85. The Morgan fingerprint density at radius 2 is 1.81 bits per heavy atom. The van der Waals surface area contributed by atoms with Crippen LogP contribution in [0.25, 0.3) is 0 Å². The fourth-order valence-corrected chi connectivity index (χ4v) is 2.94. The van der Waals surface area contributed by atoms with Gasteiger partial charge in [0.05, 0.1) is 13.2 Å². The van der Waals surface area contributed by atoms with Gasteiger partial charge in [0.25, 0.3) is 0 Å². The van der Waals surface area contributed by atoms with Gasteiger partial charge in [0, 0.05) is 12.2 Å². The Kier molecular flexibility index (Phi) is 5.53. The molecule has 0 radical (unpaired) electrons. The molecule has 26 heavy (non-hydrogen) atoms. The number of nitrogens with one attached hydrogen (secondary N) is 3. The van der Waals surface area contributed by atoms with Crippen LogP contribution in [0, 0.1) is 0 Å². The summed E-state index contributed by atoms with van der Waals surface area (Å²) in [5.41, 5.74) is 3.03. The van der Waals surface area contributed by atoms with Crippen LogP contribution in [-0.2, 0) is 22.6 Å². The molecule has 2 amide bonds. The average molecular weight is 353 g/mol. The van der Waals surface area contributed by atoms with E-state index < -0.39 is 6.04 Å². The van der Waals surface area contributed by atoms with Crippen molar-refractivity contribution in [1.82, 2.24) is 10.6 Å². The Morgan fingerprint density at radius 1 is 1.12 bits per heavy atom. The molecular formula is C20H23N3O3. The zero-order chi connectivity index (χ0) is 18.5. The molecule has 0 bridgehead atoms. The van der Waals surface area contributed by atoms with E-state index >= 15 is 0 Å². The van der Waals surface area contributed by atoms with E-state index in [9.17, 15) is 9.59 Å². The summed E-state index contributed by atoms with van der Waals surface area (Å²) in [6.45, 7) is 2.33. The molecule has 0 aromatic heterocycles. The molecule has 6 heteroatoms. The number of methoxy groups -OCH3 is 1. The molecule has 3 rings (SSSR count). The maximum Gasteiger partial charge on any atom is 0.246 e. The Morgan fingerprint density at radius 3 is 2.50 bits per heavy atom. The number of ether oxygens (including phenoxy) is 1. The zero-order valence-corrected chi connectivity index (χ0v) is 14.9. The first-order chi connectivity index (χ1) is 12.6. The first-order valence-electron chi connectivity index (χ1n) is 8.62. The topological polar surface area (TPSA) is 79.5 Å². The Labute approximate surface area is 152 Å². The summed E-state index contributed by atoms with van der Waals surface area (Å²) < 4.78 is 5.09. The molecule has 136 valence electrons. The summed E-state index contributed by atoms with van der Waals surface area (Å²) >= 11 is 0. The normalized spacial score (nSPS) is 16.9. The smallest absolute Gasteiger partial charge is 0.246 e. The number of hydrogen-bond donors (Lipinski definition) is 3. The first-order valence-corrected chi connectivity index (χ1v) is 8.62. The molecule has 3 N–H and O–H groups in total. The van der Waals surface area contributed by atoms with Gasteiger partial charge in [0.15, 0.2) is 0 Å². The highest BCUT2D eigenvalue weighted by Crippen LogP contribution is 2.17. The lowest BCUT2D eigenvalue weighted by molar-refractivity contribution is -0.127. The standard InChI is InChI=1S/C20H23N3O3/c1-13(19(24)23-16-7-9-17(26-2)10-8-16)22-20(25)18-11-14-5-3-4-6-15(14)12-21-18/h3-10,13,18,21H,11-12H2,1-2H3,(H,22,25)(H,23,24)/t13-,18+/m1/s1. The van der Waals surface area contributed by atoms with Gasteiger partial charge in [0.1, 0.15) is 11.8 Å². The van der Waals surface area contributed by atoms with E-state index in [1.807, 2.05) is 18.2 Å². The summed E-state index contributed by atoms with van der Waals surface area (Å²) in [7, 11) is 1.59. The summed E-state index contributed by atoms with van der Waals surface area (Å²) in [6.07, 6.45) is 0.620. The van der Waals surface area contributed by atoms with Gasteiger partial charge in [-0.25, -0.2) is 0 Å². The van der Waals surface area contributed by atoms with Gasteiger partial charge in [0.2, 0.25) is 11.8 Å². The van der Waals surface area contributed by atoms with Gasteiger partial charge in [-0.1, -0.05) is 24.3 Å². The van der Waals surface area contributed by atoms with Crippen molar-refractivity contribution in [3.8, 4) is 5.75 Å². The second-order valence-corrected chi connectivity index (χ2v) is 6.35. The molecule has 0 saturated carbocycles. The van der Waals surface area contributed by atoms with Gasteiger partial charge in [-0.3, -0.25) is 9.59 Å². The van der Waals surface area contributed by atoms with E-state index in [1.165, 1.54) is 11.1 Å². The van der Waals surface area contributed by atoms with E-state index in [0.717, 1.165) is 0 Å². The molecule has 0 spiro atoms. The molecule has 0 fully saturated rings. The number of amides is 2. The van der Waals surface area contributed by atoms with Gasteiger partial charge in [-0.2, -0.15) is 0 Å². The fraction of sp³-hybridized carbons (Fsp3) is 0.300. The molecule has 1 aliphatic heterocycles. The van der Waals surface area contributed by atoms with Crippen molar-refractivity contribution >= 4 is 17.5 Å². The molecule has 0 aliphatic carbocycles. The van der Waals surface area contributed by atoms with Crippen LogP contribution in [-0.4, -0.2) is 31.0 Å². The summed E-state index contributed by atoms with van der Waals surface area (Å²) in [4.78, 5) is 24.8. The number of benzene rings is 2. The van der Waals surface area contributed by atoms with Crippen molar-refractivity contribution < 1.29 is 14.3 Å². The van der Waals surface area contributed by atoms with E-state index in [2.05, 4.69) is 22.0 Å². The van der Waals surface area contributed by atoms with Crippen LogP contribution in [0.1, 0.15) is 18.1 Å². The van der Waals surface area contributed by atoms with E-state index in [0.29, 0.717) is 24.4 Å². The second-order valence-electron chi connectivity index (χ2n) is 6.35. The number of carbonyl (C=O) groups is 2. The third-order valence-electron chi connectivity index (χ3n) is 4.51. The minimum absolute atomic E-state index is 0.170. The molecule has 2 atom stereocenters. The van der Waals surface area contributed by atoms with Crippen molar-refractivity contribution in [2.75, 3.05) is 12.4 Å². The van der Waals surface area contributed by atoms with Crippen LogP contribution in [0.2, 0.25) is 0 Å². The van der Waals surface area contributed by atoms with Crippen LogP contribution in [0.4, 0.5) is 5.69 Å². The highest BCUT2D eigenvalue weighted by atomic mass is 16.5. The van der Waals surface area contributed by atoms with E-state index in [1.54, 1.807) is 38.3 Å². The van der Waals surface area contributed by atoms with Crippen LogP contribution < -0.4 is 20.7 Å². The Bertz CT molecular complexity index is 789. The first kappa shape index (κ1) is 17.9. The second kappa shape index (κ2) is 8.01. The SMILES string of the molecule is COc1ccc(NC(=O)[C@@H](C)NC(=O)[C@@H]2Cc3ccccc3CN2)cc1. The maximum atomic E-state index is 12.5. The van der Waals surface area contributed by atoms with Crippen molar-refractivity contribution in [1.29, 1.82) is 0 Å². The Hall–Kier alpha value is -2.86. The third-order valence-corrected chi connectivity index (χ3v) is 4.51. The summed E-state index contributed by atoms with van der Waals surface area (Å²) in [5.74, 6) is 0.282. The fourth-order valence-electron chi connectivity index (χ4n) is 2.94. The van der Waals surface area contributed by atoms with Crippen molar-refractivity contribution in [3.63, 3.8) is 0 Å². The molecule has 0 unspecified atom stereocenters. The Balaban J connectivity index is 1.54. The largest absolute Gasteiger partial charge is 0.497 e. The molecule has 2 aromatic rings. The lowest BCUT2D eigenvalue weighted by Crippen LogP contribution is -2.52. The number of carbonyl (C=O) groups excluding carboxylic acids is 2. The number of fused-ring (bicyclic) bond motifs is 1.